The van der Waals surface area contributed by atoms with Crippen LogP contribution in [0.1, 0.15) is 31.7 Å². The van der Waals surface area contributed by atoms with E-state index in [2.05, 4.69) is 19.1 Å². The Morgan fingerprint density at radius 2 is 2.00 bits per heavy atom. The zero-order valence-corrected chi connectivity index (χ0v) is 9.93. The molecule has 0 aliphatic heterocycles. The summed E-state index contributed by atoms with van der Waals surface area (Å²) in [5, 5.41) is 0. The van der Waals surface area contributed by atoms with Crippen molar-refractivity contribution < 1.29 is 4.74 Å². The predicted octanol–water partition coefficient (Wildman–Crippen LogP) is 2.72. The van der Waals surface area contributed by atoms with Gasteiger partial charge < -0.3 is 10.5 Å². The van der Waals surface area contributed by atoms with Gasteiger partial charge in [-0.3, -0.25) is 0 Å². The topological polar surface area (TPSA) is 35.2 Å². The molecule has 1 aromatic carbocycles. The third-order valence-electron chi connectivity index (χ3n) is 3.41. The fourth-order valence-corrected chi connectivity index (χ4v) is 2.32. The molecular weight excluding hydrogens is 198 g/mol. The molecule has 2 N–H and O–H groups in total. The summed E-state index contributed by atoms with van der Waals surface area (Å²) in [5.74, 6) is 0.751. The van der Waals surface area contributed by atoms with Gasteiger partial charge in [-0.05, 0) is 30.7 Å². The summed E-state index contributed by atoms with van der Waals surface area (Å²) in [4.78, 5) is 0. The molecule has 0 heterocycles. The molecule has 16 heavy (non-hydrogen) atoms. The largest absolute Gasteiger partial charge is 0.372 e. The summed E-state index contributed by atoms with van der Waals surface area (Å²) in [6.07, 6.45) is 3.69. The molecule has 1 aliphatic rings. The molecule has 0 bridgehead atoms. The molecule has 1 aliphatic carbocycles. The molecule has 1 fully saturated rings. The lowest BCUT2D eigenvalue weighted by Gasteiger charge is -2.32. The van der Waals surface area contributed by atoms with Crippen LogP contribution in [0.15, 0.2) is 30.3 Å². The third-order valence-corrected chi connectivity index (χ3v) is 3.41. The Bertz CT molecular complexity index is 312. The molecule has 0 aromatic heterocycles. The van der Waals surface area contributed by atoms with Gasteiger partial charge in [0, 0.05) is 6.04 Å². The van der Waals surface area contributed by atoms with Crippen molar-refractivity contribution in [3.8, 4) is 0 Å². The zero-order valence-electron chi connectivity index (χ0n) is 9.93. The summed E-state index contributed by atoms with van der Waals surface area (Å²) in [5.41, 5.74) is 7.31. The van der Waals surface area contributed by atoms with Crippen LogP contribution in [0, 0.1) is 5.92 Å². The van der Waals surface area contributed by atoms with Crippen molar-refractivity contribution >= 4 is 0 Å². The second-order valence-electron chi connectivity index (χ2n) is 4.92. The average Bonchev–Trinajstić information content (AvgIpc) is 2.32. The zero-order chi connectivity index (χ0) is 11.4. The van der Waals surface area contributed by atoms with Crippen LogP contribution >= 0.6 is 0 Å². The first-order valence-electron chi connectivity index (χ1n) is 6.17. The van der Waals surface area contributed by atoms with Crippen LogP contribution in [-0.2, 0) is 11.3 Å². The Hall–Kier alpha value is -0.860. The van der Waals surface area contributed by atoms with Gasteiger partial charge in [-0.2, -0.15) is 0 Å². The maximum absolute atomic E-state index is 6.08. The van der Waals surface area contributed by atoms with Crippen molar-refractivity contribution in [2.75, 3.05) is 0 Å². The molecule has 1 aromatic rings. The summed E-state index contributed by atoms with van der Waals surface area (Å²) < 4.78 is 5.93. The monoisotopic (exact) mass is 219 g/mol. The second kappa shape index (κ2) is 5.46. The molecule has 2 heteroatoms. The van der Waals surface area contributed by atoms with Crippen molar-refractivity contribution in [2.24, 2.45) is 11.7 Å². The fraction of sp³-hybridized carbons (Fsp3) is 0.571. The quantitative estimate of drug-likeness (QED) is 0.848. The maximum Gasteiger partial charge on any atom is 0.0733 e. The third kappa shape index (κ3) is 3.06. The molecule has 0 saturated heterocycles. The minimum atomic E-state index is 0.222. The molecule has 0 radical (unpaired) electrons. The Balaban J connectivity index is 1.85. The van der Waals surface area contributed by atoms with Gasteiger partial charge in [0.15, 0.2) is 0 Å². The van der Waals surface area contributed by atoms with Crippen molar-refractivity contribution in [3.63, 3.8) is 0 Å². The molecule has 0 amide bonds. The summed E-state index contributed by atoms with van der Waals surface area (Å²) in [6, 6.07) is 10.5. The van der Waals surface area contributed by atoms with Crippen molar-refractivity contribution in [1.29, 1.82) is 0 Å². The summed E-state index contributed by atoms with van der Waals surface area (Å²) in [6.45, 7) is 2.97. The van der Waals surface area contributed by atoms with E-state index >= 15 is 0 Å². The average molecular weight is 219 g/mol. The number of benzene rings is 1. The lowest BCUT2D eigenvalue weighted by Crippen LogP contribution is -2.41. The standard InChI is InChI=1S/C14H21NO/c1-11-7-8-13(15)14(9-11)16-10-12-5-3-2-4-6-12/h2-6,11,13-14H,7-10,15H2,1H3. The lowest BCUT2D eigenvalue weighted by atomic mass is 9.85. The van der Waals surface area contributed by atoms with Gasteiger partial charge in [-0.25, -0.2) is 0 Å². The normalized spacial score (nSPS) is 30.2. The molecule has 3 atom stereocenters. The molecular formula is C14H21NO. The number of hydrogen-bond acceptors (Lipinski definition) is 2. The number of hydrogen-bond donors (Lipinski definition) is 1. The Labute approximate surface area is 97.8 Å². The van der Waals surface area contributed by atoms with Crippen LogP contribution in [0.3, 0.4) is 0 Å². The van der Waals surface area contributed by atoms with Gasteiger partial charge in [0.1, 0.15) is 0 Å². The van der Waals surface area contributed by atoms with E-state index in [0.29, 0.717) is 6.61 Å². The van der Waals surface area contributed by atoms with E-state index in [-0.39, 0.29) is 12.1 Å². The van der Waals surface area contributed by atoms with E-state index in [1.807, 2.05) is 18.2 Å². The van der Waals surface area contributed by atoms with E-state index in [1.54, 1.807) is 0 Å². The van der Waals surface area contributed by atoms with E-state index < -0.39 is 0 Å². The van der Waals surface area contributed by atoms with E-state index in [0.717, 1.165) is 18.8 Å². The lowest BCUT2D eigenvalue weighted by molar-refractivity contribution is -0.00817. The minimum absolute atomic E-state index is 0.222. The predicted molar refractivity (Wildman–Crippen MR) is 66.0 cm³/mol. The van der Waals surface area contributed by atoms with Crippen LogP contribution in [-0.4, -0.2) is 12.1 Å². The van der Waals surface area contributed by atoms with E-state index in [1.165, 1.54) is 12.0 Å². The van der Waals surface area contributed by atoms with Crippen molar-refractivity contribution in [3.05, 3.63) is 35.9 Å². The van der Waals surface area contributed by atoms with Crippen LogP contribution in [0.5, 0.6) is 0 Å². The Morgan fingerprint density at radius 3 is 2.75 bits per heavy atom. The Morgan fingerprint density at radius 1 is 1.25 bits per heavy atom. The molecule has 0 spiro atoms. The molecule has 1 saturated carbocycles. The summed E-state index contributed by atoms with van der Waals surface area (Å²) in [7, 11) is 0. The van der Waals surface area contributed by atoms with Gasteiger partial charge in [0.25, 0.3) is 0 Å². The highest BCUT2D eigenvalue weighted by Gasteiger charge is 2.26. The van der Waals surface area contributed by atoms with Crippen LogP contribution in [0.2, 0.25) is 0 Å². The second-order valence-corrected chi connectivity index (χ2v) is 4.92. The van der Waals surface area contributed by atoms with E-state index in [9.17, 15) is 0 Å². The molecule has 88 valence electrons. The molecule has 2 rings (SSSR count). The van der Waals surface area contributed by atoms with Crippen LogP contribution in [0.4, 0.5) is 0 Å². The first kappa shape index (κ1) is 11.6. The first-order valence-corrected chi connectivity index (χ1v) is 6.17. The number of rotatable bonds is 3. The van der Waals surface area contributed by atoms with Gasteiger partial charge in [-0.15, -0.1) is 0 Å². The number of nitrogens with two attached hydrogens (primary N) is 1. The van der Waals surface area contributed by atoms with Gasteiger partial charge in [0.05, 0.1) is 12.7 Å². The first-order chi connectivity index (χ1) is 7.75. The highest BCUT2D eigenvalue weighted by atomic mass is 16.5. The molecule has 2 nitrogen and oxygen atoms in total. The smallest absolute Gasteiger partial charge is 0.0733 e. The van der Waals surface area contributed by atoms with E-state index in [4.69, 9.17) is 10.5 Å². The highest BCUT2D eigenvalue weighted by Crippen LogP contribution is 2.25. The minimum Gasteiger partial charge on any atom is -0.372 e. The van der Waals surface area contributed by atoms with Crippen molar-refractivity contribution in [1.82, 2.24) is 0 Å². The Kier molecular flexibility index (Phi) is 3.97. The highest BCUT2D eigenvalue weighted by molar-refractivity contribution is 5.13. The molecule has 3 unspecified atom stereocenters. The van der Waals surface area contributed by atoms with Crippen molar-refractivity contribution in [2.45, 2.75) is 44.9 Å². The SMILES string of the molecule is CC1CCC(N)C(OCc2ccccc2)C1. The number of ether oxygens (including phenoxy) is 1. The van der Waals surface area contributed by atoms with Gasteiger partial charge >= 0.3 is 0 Å². The summed E-state index contributed by atoms with van der Waals surface area (Å²) >= 11 is 0. The van der Waals surface area contributed by atoms with Crippen LogP contribution in [0.25, 0.3) is 0 Å². The fourth-order valence-electron chi connectivity index (χ4n) is 2.32. The van der Waals surface area contributed by atoms with Crippen LogP contribution < -0.4 is 5.73 Å². The maximum atomic E-state index is 6.08. The van der Waals surface area contributed by atoms with Gasteiger partial charge in [-0.1, -0.05) is 37.3 Å². The van der Waals surface area contributed by atoms with Gasteiger partial charge in [0.2, 0.25) is 0 Å².